The van der Waals surface area contributed by atoms with Crippen LogP contribution in [-0.2, 0) is 6.18 Å². The molecule has 1 rings (SSSR count). The molecule has 0 aliphatic carbocycles. The van der Waals surface area contributed by atoms with E-state index in [-0.39, 0.29) is 0 Å². The van der Waals surface area contributed by atoms with Gasteiger partial charge in [0.25, 0.3) is 0 Å². The molecular formula is C10H13F3Si. The van der Waals surface area contributed by atoms with Crippen LogP contribution in [0, 0.1) is 0 Å². The zero-order valence-electron chi connectivity index (χ0n) is 8.44. The second kappa shape index (κ2) is 3.42. The van der Waals surface area contributed by atoms with Gasteiger partial charge in [-0.25, -0.2) is 0 Å². The van der Waals surface area contributed by atoms with E-state index in [0.717, 1.165) is 17.3 Å². The van der Waals surface area contributed by atoms with Gasteiger partial charge in [-0.2, -0.15) is 13.2 Å². The van der Waals surface area contributed by atoms with Crippen molar-refractivity contribution in [2.75, 3.05) is 0 Å². The van der Waals surface area contributed by atoms with Crippen LogP contribution < -0.4 is 5.19 Å². The van der Waals surface area contributed by atoms with Crippen molar-refractivity contribution in [3.63, 3.8) is 0 Å². The molecule has 0 atom stereocenters. The van der Waals surface area contributed by atoms with E-state index in [1.807, 2.05) is 0 Å². The maximum Gasteiger partial charge on any atom is 0.416 e. The Labute approximate surface area is 82.8 Å². The Balaban J connectivity index is 3.02. The monoisotopic (exact) mass is 218 g/mol. The molecule has 0 saturated heterocycles. The molecule has 0 N–H and O–H groups in total. The summed E-state index contributed by atoms with van der Waals surface area (Å²) in [4.78, 5) is 0. The average Bonchev–Trinajstić information content (AvgIpc) is 2.01. The van der Waals surface area contributed by atoms with Crippen LogP contribution in [0.2, 0.25) is 19.6 Å². The molecule has 0 fully saturated rings. The minimum absolute atomic E-state index is 0.570. The fourth-order valence-corrected chi connectivity index (χ4v) is 2.33. The summed E-state index contributed by atoms with van der Waals surface area (Å²) in [6, 6.07) is 5.51. The first kappa shape index (κ1) is 11.3. The van der Waals surface area contributed by atoms with E-state index >= 15 is 0 Å². The highest BCUT2D eigenvalue weighted by Crippen LogP contribution is 2.28. The summed E-state index contributed by atoms with van der Waals surface area (Å²) in [5, 5.41) is 1.05. The Morgan fingerprint density at radius 2 is 1.36 bits per heavy atom. The van der Waals surface area contributed by atoms with E-state index in [1.54, 1.807) is 12.1 Å². The molecule has 0 spiro atoms. The normalized spacial score (nSPS) is 13.0. The third kappa shape index (κ3) is 2.61. The molecule has 1 aromatic rings. The fraction of sp³-hybridized carbons (Fsp3) is 0.400. The Kier molecular flexibility index (Phi) is 2.76. The van der Waals surface area contributed by atoms with Crippen molar-refractivity contribution in [1.29, 1.82) is 0 Å². The Morgan fingerprint density at radius 1 is 0.929 bits per heavy atom. The predicted molar refractivity (Wildman–Crippen MR) is 54.4 cm³/mol. The van der Waals surface area contributed by atoms with Crippen LogP contribution in [-0.4, -0.2) is 8.07 Å². The van der Waals surface area contributed by atoms with E-state index in [0.29, 0.717) is 0 Å². The number of rotatable bonds is 1. The smallest absolute Gasteiger partial charge is 0.166 e. The zero-order chi connectivity index (χ0) is 11.0. The summed E-state index contributed by atoms with van der Waals surface area (Å²) < 4.78 is 36.7. The summed E-state index contributed by atoms with van der Waals surface area (Å²) in [5.41, 5.74) is -0.570. The molecule has 4 heteroatoms. The predicted octanol–water partition coefficient (Wildman–Crippen LogP) is 3.25. The van der Waals surface area contributed by atoms with Crippen LogP contribution in [0.15, 0.2) is 24.3 Å². The van der Waals surface area contributed by atoms with Crippen molar-refractivity contribution in [2.45, 2.75) is 25.8 Å². The second-order valence-electron chi connectivity index (χ2n) is 4.33. The molecule has 0 radical (unpaired) electrons. The van der Waals surface area contributed by atoms with Crippen molar-refractivity contribution < 1.29 is 13.2 Å². The number of hydrogen-bond donors (Lipinski definition) is 0. The Morgan fingerprint density at radius 3 is 1.64 bits per heavy atom. The van der Waals surface area contributed by atoms with Gasteiger partial charge in [0.2, 0.25) is 0 Å². The third-order valence-electron chi connectivity index (χ3n) is 2.08. The van der Waals surface area contributed by atoms with E-state index in [9.17, 15) is 13.2 Å². The molecular weight excluding hydrogens is 205 g/mol. The van der Waals surface area contributed by atoms with Crippen LogP contribution in [0.25, 0.3) is 0 Å². The lowest BCUT2D eigenvalue weighted by Crippen LogP contribution is -2.37. The van der Waals surface area contributed by atoms with Gasteiger partial charge in [-0.1, -0.05) is 49.1 Å². The standard InChI is InChI=1S/C10H13F3Si/c1-14(2,3)9-6-4-8(5-7-9)10(11,12)13/h4-7H,1-3H3. The lowest BCUT2D eigenvalue weighted by Gasteiger charge is -2.17. The molecule has 0 nitrogen and oxygen atoms in total. The summed E-state index contributed by atoms with van der Waals surface area (Å²) in [6.45, 7) is 6.32. The fourth-order valence-electron chi connectivity index (χ4n) is 1.16. The lowest BCUT2D eigenvalue weighted by atomic mass is 10.2. The van der Waals surface area contributed by atoms with Gasteiger partial charge in [-0.3, -0.25) is 0 Å². The van der Waals surface area contributed by atoms with E-state index < -0.39 is 19.8 Å². The first-order chi connectivity index (χ1) is 6.21. The summed E-state index contributed by atoms with van der Waals surface area (Å²) >= 11 is 0. The SMILES string of the molecule is C[Si](C)(C)c1ccc(C(F)(F)F)cc1. The van der Waals surface area contributed by atoms with Crippen LogP contribution >= 0.6 is 0 Å². The number of halogens is 3. The van der Waals surface area contributed by atoms with Crippen LogP contribution in [0.3, 0.4) is 0 Å². The zero-order valence-corrected chi connectivity index (χ0v) is 9.44. The van der Waals surface area contributed by atoms with Gasteiger partial charge in [0, 0.05) is 0 Å². The van der Waals surface area contributed by atoms with Gasteiger partial charge in [0.1, 0.15) is 0 Å². The van der Waals surface area contributed by atoms with Gasteiger partial charge >= 0.3 is 6.18 Å². The first-order valence-corrected chi connectivity index (χ1v) is 7.89. The molecule has 0 amide bonds. The molecule has 0 aliphatic rings. The maximum absolute atomic E-state index is 12.2. The molecule has 1 aromatic carbocycles. The van der Waals surface area contributed by atoms with Crippen molar-refractivity contribution >= 4 is 13.3 Å². The minimum Gasteiger partial charge on any atom is -0.166 e. The number of benzene rings is 1. The largest absolute Gasteiger partial charge is 0.416 e. The van der Waals surface area contributed by atoms with Crippen molar-refractivity contribution in [1.82, 2.24) is 0 Å². The Hall–Kier alpha value is -0.773. The number of alkyl halides is 3. The average molecular weight is 218 g/mol. The highest BCUT2D eigenvalue weighted by atomic mass is 28.3. The van der Waals surface area contributed by atoms with Gasteiger partial charge in [-0.05, 0) is 0 Å². The molecule has 0 saturated carbocycles. The molecule has 0 heterocycles. The highest BCUT2D eigenvalue weighted by molar-refractivity contribution is 6.88. The van der Waals surface area contributed by atoms with Gasteiger partial charge < -0.3 is 0 Å². The molecule has 0 unspecified atom stereocenters. The van der Waals surface area contributed by atoms with Gasteiger partial charge in [-0.15, -0.1) is 0 Å². The van der Waals surface area contributed by atoms with Crippen LogP contribution in [0.5, 0.6) is 0 Å². The van der Waals surface area contributed by atoms with Crippen molar-refractivity contribution in [3.8, 4) is 0 Å². The van der Waals surface area contributed by atoms with E-state index in [2.05, 4.69) is 19.6 Å². The molecule has 0 aromatic heterocycles. The molecule has 78 valence electrons. The van der Waals surface area contributed by atoms with E-state index in [1.165, 1.54) is 0 Å². The van der Waals surface area contributed by atoms with Crippen LogP contribution in [0.4, 0.5) is 13.2 Å². The van der Waals surface area contributed by atoms with Gasteiger partial charge in [0.15, 0.2) is 0 Å². The quantitative estimate of drug-likeness (QED) is 0.635. The summed E-state index contributed by atoms with van der Waals surface area (Å²) in [7, 11) is -1.48. The molecule has 0 bridgehead atoms. The van der Waals surface area contributed by atoms with Crippen molar-refractivity contribution in [2.24, 2.45) is 0 Å². The first-order valence-electron chi connectivity index (χ1n) is 4.39. The minimum atomic E-state index is -4.22. The van der Waals surface area contributed by atoms with Crippen molar-refractivity contribution in [3.05, 3.63) is 29.8 Å². The maximum atomic E-state index is 12.2. The topological polar surface area (TPSA) is 0 Å². The van der Waals surface area contributed by atoms with E-state index in [4.69, 9.17) is 0 Å². The van der Waals surface area contributed by atoms with Crippen LogP contribution in [0.1, 0.15) is 5.56 Å². The molecule has 0 aliphatic heterocycles. The highest BCUT2D eigenvalue weighted by Gasteiger charge is 2.30. The summed E-state index contributed by atoms with van der Waals surface area (Å²) in [6.07, 6.45) is -4.22. The lowest BCUT2D eigenvalue weighted by molar-refractivity contribution is -0.137. The second-order valence-corrected chi connectivity index (χ2v) is 9.40. The molecule has 14 heavy (non-hydrogen) atoms. The Bertz CT molecular complexity index is 273. The number of hydrogen-bond acceptors (Lipinski definition) is 0. The van der Waals surface area contributed by atoms with Gasteiger partial charge in [0.05, 0.1) is 13.6 Å². The third-order valence-corrected chi connectivity index (χ3v) is 4.14. The summed E-state index contributed by atoms with van der Waals surface area (Å²) in [5.74, 6) is 0.